The van der Waals surface area contributed by atoms with Crippen molar-refractivity contribution < 1.29 is 14.6 Å². The molecule has 0 aliphatic rings. The molecule has 0 aliphatic heterocycles. The predicted octanol–water partition coefficient (Wildman–Crippen LogP) is 1.24. The fraction of sp³-hybridized carbons (Fsp3) is 0.316. The van der Waals surface area contributed by atoms with Crippen LogP contribution in [-0.2, 0) is 13.1 Å². The van der Waals surface area contributed by atoms with Crippen molar-refractivity contribution in [1.82, 2.24) is 5.32 Å². The van der Waals surface area contributed by atoms with E-state index in [0.29, 0.717) is 17.8 Å². The van der Waals surface area contributed by atoms with Gasteiger partial charge in [-0.25, -0.2) is 0 Å². The third-order valence-corrected chi connectivity index (χ3v) is 4.02. The van der Waals surface area contributed by atoms with Gasteiger partial charge in [-0.3, -0.25) is 14.9 Å². The second-order valence-corrected chi connectivity index (χ2v) is 6.69. The van der Waals surface area contributed by atoms with E-state index < -0.39 is 4.92 Å². The van der Waals surface area contributed by atoms with E-state index in [1.807, 2.05) is 24.3 Å². The molecule has 0 aliphatic carbocycles. The van der Waals surface area contributed by atoms with Gasteiger partial charge >= 0.3 is 0 Å². The highest BCUT2D eigenvalue weighted by molar-refractivity contribution is 6.00. The average Bonchev–Trinajstić information content (AvgIpc) is 2.59. The van der Waals surface area contributed by atoms with Gasteiger partial charge in [-0.2, -0.15) is 0 Å². The summed E-state index contributed by atoms with van der Waals surface area (Å²) in [6.07, 6.45) is 0. The minimum absolute atomic E-state index is 0.0997. The number of nitro groups is 1. The molecular formula is C19H25N4O3+. The highest BCUT2D eigenvalue weighted by atomic mass is 16.6. The maximum atomic E-state index is 12.7. The van der Waals surface area contributed by atoms with Gasteiger partial charge in [-0.15, -0.1) is 0 Å². The molecule has 0 spiro atoms. The second-order valence-electron chi connectivity index (χ2n) is 6.69. The zero-order valence-electron chi connectivity index (χ0n) is 15.6. The van der Waals surface area contributed by atoms with E-state index in [1.165, 1.54) is 22.6 Å². The summed E-state index contributed by atoms with van der Waals surface area (Å²) in [4.78, 5) is 26.3. The quantitative estimate of drug-likeness (QED) is 0.577. The number of benzene rings is 2. The molecule has 2 aromatic carbocycles. The predicted molar refractivity (Wildman–Crippen MR) is 102 cm³/mol. The Kier molecular flexibility index (Phi) is 6.30. The molecule has 0 radical (unpaired) electrons. The van der Waals surface area contributed by atoms with Crippen LogP contribution in [-0.4, -0.2) is 39.0 Å². The van der Waals surface area contributed by atoms with Crippen molar-refractivity contribution in [3.05, 3.63) is 69.3 Å². The molecule has 2 rings (SSSR count). The molecule has 7 nitrogen and oxygen atoms in total. The molecule has 0 heterocycles. The van der Waals surface area contributed by atoms with Crippen LogP contribution in [0.4, 0.5) is 11.4 Å². The second kappa shape index (κ2) is 8.44. The summed E-state index contributed by atoms with van der Waals surface area (Å²) in [5, 5.41) is 13.9. The fourth-order valence-corrected chi connectivity index (χ4v) is 2.76. The smallest absolute Gasteiger partial charge is 0.270 e. The van der Waals surface area contributed by atoms with Crippen LogP contribution >= 0.6 is 0 Å². The Morgan fingerprint density at radius 2 is 1.81 bits per heavy atom. The lowest BCUT2D eigenvalue weighted by atomic mass is 10.1. The Morgan fingerprint density at radius 1 is 1.15 bits per heavy atom. The van der Waals surface area contributed by atoms with E-state index in [2.05, 4.69) is 19.4 Å². The van der Waals surface area contributed by atoms with Crippen molar-refractivity contribution >= 4 is 17.3 Å². The number of non-ortho nitro benzene ring substituents is 1. The number of quaternary nitrogens is 1. The van der Waals surface area contributed by atoms with Crippen LogP contribution in [0.1, 0.15) is 21.5 Å². The summed E-state index contributed by atoms with van der Waals surface area (Å²) in [6.45, 7) is 1.23. The van der Waals surface area contributed by atoms with E-state index in [0.717, 1.165) is 12.1 Å². The third-order valence-electron chi connectivity index (χ3n) is 4.02. The minimum Gasteiger partial charge on any atom is -0.377 e. The summed E-state index contributed by atoms with van der Waals surface area (Å²) in [7, 11) is 7.74. The van der Waals surface area contributed by atoms with Crippen molar-refractivity contribution in [3.8, 4) is 0 Å². The van der Waals surface area contributed by atoms with Gasteiger partial charge in [-0.05, 0) is 11.6 Å². The van der Waals surface area contributed by atoms with Crippen LogP contribution < -0.4 is 15.1 Å². The van der Waals surface area contributed by atoms with Gasteiger partial charge in [0.1, 0.15) is 6.54 Å². The topological polar surface area (TPSA) is 79.9 Å². The first kappa shape index (κ1) is 19.4. The number of anilines is 1. The lowest BCUT2D eigenvalue weighted by molar-refractivity contribution is -0.872. The van der Waals surface area contributed by atoms with Gasteiger partial charge in [0.05, 0.1) is 24.6 Å². The van der Waals surface area contributed by atoms with E-state index in [-0.39, 0.29) is 11.6 Å². The van der Waals surface area contributed by atoms with Gasteiger partial charge in [-0.1, -0.05) is 24.3 Å². The van der Waals surface area contributed by atoms with Gasteiger partial charge in [0.25, 0.3) is 11.6 Å². The lowest BCUT2D eigenvalue weighted by Gasteiger charge is -2.17. The minimum atomic E-state index is -0.495. The fourth-order valence-electron chi connectivity index (χ4n) is 2.76. The first-order valence-corrected chi connectivity index (χ1v) is 8.39. The number of rotatable bonds is 7. The first-order valence-electron chi connectivity index (χ1n) is 8.39. The van der Waals surface area contributed by atoms with Crippen LogP contribution in [0.3, 0.4) is 0 Å². The van der Waals surface area contributed by atoms with E-state index in [1.54, 1.807) is 25.1 Å². The van der Waals surface area contributed by atoms with Crippen molar-refractivity contribution in [2.24, 2.45) is 0 Å². The zero-order valence-corrected chi connectivity index (χ0v) is 15.6. The van der Waals surface area contributed by atoms with Crippen LogP contribution in [0, 0.1) is 10.1 Å². The Hall–Kier alpha value is -2.93. The van der Waals surface area contributed by atoms with Gasteiger partial charge in [0.15, 0.2) is 0 Å². The van der Waals surface area contributed by atoms with Crippen molar-refractivity contribution in [3.63, 3.8) is 0 Å². The van der Waals surface area contributed by atoms with Crippen LogP contribution in [0.2, 0.25) is 0 Å². The zero-order chi connectivity index (χ0) is 19.3. The molecule has 0 aromatic heterocycles. The largest absolute Gasteiger partial charge is 0.377 e. The highest BCUT2D eigenvalue weighted by Crippen LogP contribution is 2.24. The summed E-state index contributed by atoms with van der Waals surface area (Å²) in [5.74, 6) is -0.329. The Balaban J connectivity index is 2.23. The van der Waals surface area contributed by atoms with Crippen molar-refractivity contribution in [2.75, 3.05) is 33.1 Å². The number of hydrogen-bond acceptors (Lipinski definition) is 4. The van der Waals surface area contributed by atoms with E-state index in [9.17, 15) is 14.9 Å². The molecule has 7 heteroatoms. The molecule has 0 saturated carbocycles. The number of nitrogens with zero attached hydrogens (tertiary/aromatic N) is 2. The third kappa shape index (κ3) is 4.80. The van der Waals surface area contributed by atoms with Crippen molar-refractivity contribution in [1.29, 1.82) is 0 Å². The molecule has 0 bridgehead atoms. The maximum Gasteiger partial charge on any atom is 0.270 e. The Labute approximate surface area is 153 Å². The monoisotopic (exact) mass is 357 g/mol. The molecule has 138 valence electrons. The Morgan fingerprint density at radius 3 is 2.38 bits per heavy atom. The van der Waals surface area contributed by atoms with Gasteiger partial charge in [0.2, 0.25) is 0 Å². The lowest BCUT2D eigenvalue weighted by Crippen LogP contribution is -3.04. The highest BCUT2D eigenvalue weighted by Gasteiger charge is 2.18. The molecular weight excluding hydrogens is 332 g/mol. The molecule has 2 aromatic rings. The summed E-state index contributed by atoms with van der Waals surface area (Å²) < 4.78 is 0. The molecule has 0 saturated heterocycles. The summed E-state index contributed by atoms with van der Waals surface area (Å²) >= 11 is 0. The normalized spacial score (nSPS) is 10.7. The summed E-state index contributed by atoms with van der Waals surface area (Å²) in [5.41, 5.74) is 3.04. The van der Waals surface area contributed by atoms with Crippen molar-refractivity contribution in [2.45, 2.75) is 13.1 Å². The van der Waals surface area contributed by atoms with Crippen LogP contribution in [0.5, 0.6) is 0 Å². The molecule has 2 N–H and O–H groups in total. The van der Waals surface area contributed by atoms with Crippen LogP contribution in [0.25, 0.3) is 0 Å². The molecule has 1 amide bonds. The Bertz CT molecular complexity index is 803. The average molecular weight is 357 g/mol. The molecule has 0 unspecified atom stereocenters. The number of hydrogen-bond donors (Lipinski definition) is 2. The SMILES string of the molecule is CN(C)c1ccc([N+](=O)[O-])cc1C(=O)NCc1ccccc1C[NH+](C)C. The van der Waals surface area contributed by atoms with E-state index >= 15 is 0 Å². The number of nitrogens with one attached hydrogen (secondary N) is 2. The number of carbonyl (C=O) groups is 1. The van der Waals surface area contributed by atoms with Crippen LogP contribution in [0.15, 0.2) is 42.5 Å². The number of carbonyl (C=O) groups excluding carboxylic acids is 1. The first-order chi connectivity index (χ1) is 12.3. The number of nitro benzene ring substituents is 1. The van der Waals surface area contributed by atoms with E-state index in [4.69, 9.17) is 0 Å². The standard InChI is InChI=1S/C19H24N4O3/c1-21(2)13-15-8-6-5-7-14(15)12-20-19(24)17-11-16(23(25)26)9-10-18(17)22(3)4/h5-11H,12-13H2,1-4H3,(H,20,24)/p+1. The molecule has 0 atom stereocenters. The number of amides is 1. The molecule has 26 heavy (non-hydrogen) atoms. The molecule has 0 fully saturated rings. The maximum absolute atomic E-state index is 12.7. The summed E-state index contributed by atoms with van der Waals surface area (Å²) in [6, 6.07) is 12.3. The van der Waals surface area contributed by atoms with Gasteiger partial charge in [0, 0.05) is 44.0 Å². The van der Waals surface area contributed by atoms with Gasteiger partial charge < -0.3 is 15.1 Å².